The highest BCUT2D eigenvalue weighted by molar-refractivity contribution is 5.92. The first-order valence-electron chi connectivity index (χ1n) is 7.88. The molecule has 11 heteroatoms. The summed E-state index contributed by atoms with van der Waals surface area (Å²) in [4.78, 5) is 12.0. The molecule has 0 bridgehead atoms. The van der Waals surface area contributed by atoms with E-state index in [1.54, 1.807) is 0 Å². The quantitative estimate of drug-likeness (QED) is 0.681. The molecule has 2 rings (SSSR count). The molecule has 158 valence electrons. The molecule has 0 saturated carbocycles. The fraction of sp³-hybridized carbons (Fsp3) is 0.278. The Morgan fingerprint density at radius 2 is 1.41 bits per heavy atom. The van der Waals surface area contributed by atoms with Crippen molar-refractivity contribution in [1.29, 1.82) is 0 Å². The number of carbonyl (C=O) groups excluding carboxylic acids is 1. The zero-order valence-corrected chi connectivity index (χ0v) is 15.1. The second kappa shape index (κ2) is 8.50. The third-order valence-corrected chi connectivity index (χ3v) is 3.60. The van der Waals surface area contributed by atoms with Crippen LogP contribution in [0, 0.1) is 0 Å². The minimum absolute atomic E-state index is 0.0312. The van der Waals surface area contributed by atoms with Crippen LogP contribution in [0.2, 0.25) is 0 Å². The molecule has 29 heavy (non-hydrogen) atoms. The lowest BCUT2D eigenvalue weighted by Gasteiger charge is -2.15. The molecule has 2 aromatic rings. The second-order valence-corrected chi connectivity index (χ2v) is 5.65. The van der Waals surface area contributed by atoms with Crippen LogP contribution in [0.3, 0.4) is 0 Å². The average molecular weight is 423 g/mol. The predicted octanol–water partition coefficient (Wildman–Crippen LogP) is 4.76. The minimum Gasteiger partial charge on any atom is -0.493 e. The molecule has 0 saturated heterocycles. The van der Waals surface area contributed by atoms with Crippen LogP contribution in [0.4, 0.5) is 32.0 Å². The van der Waals surface area contributed by atoms with Gasteiger partial charge in [-0.1, -0.05) is 0 Å². The summed E-state index contributed by atoms with van der Waals surface area (Å²) in [7, 11) is 2.78. The number of methoxy groups -OCH3 is 2. The van der Waals surface area contributed by atoms with E-state index >= 15 is 0 Å². The molecule has 0 aliphatic heterocycles. The van der Waals surface area contributed by atoms with Crippen LogP contribution in [0.15, 0.2) is 36.4 Å². The van der Waals surface area contributed by atoms with Crippen LogP contribution in [0.25, 0.3) is 0 Å². The molecule has 5 nitrogen and oxygen atoms in total. The number of ether oxygens (including phenoxy) is 3. The number of hydrogen-bond donors (Lipinski definition) is 1. The number of carbonyl (C=O) groups is 1. The van der Waals surface area contributed by atoms with Crippen LogP contribution in [0.5, 0.6) is 17.2 Å². The minimum atomic E-state index is -5.01. The Morgan fingerprint density at radius 1 is 0.862 bits per heavy atom. The van der Waals surface area contributed by atoms with Crippen LogP contribution in [-0.4, -0.2) is 26.7 Å². The molecule has 0 fully saturated rings. The molecule has 0 aliphatic rings. The van der Waals surface area contributed by atoms with E-state index in [0.29, 0.717) is 23.6 Å². The smallest absolute Gasteiger partial charge is 0.416 e. The van der Waals surface area contributed by atoms with Crippen LogP contribution >= 0.6 is 0 Å². The Kier molecular flexibility index (Phi) is 6.50. The summed E-state index contributed by atoms with van der Waals surface area (Å²) >= 11 is 0. The van der Waals surface area contributed by atoms with Gasteiger partial charge in [-0.15, -0.1) is 0 Å². The Morgan fingerprint density at radius 3 is 1.90 bits per heavy atom. The van der Waals surface area contributed by atoms with Gasteiger partial charge < -0.3 is 19.5 Å². The van der Waals surface area contributed by atoms with E-state index in [0.717, 1.165) is 0 Å². The summed E-state index contributed by atoms with van der Waals surface area (Å²) in [6, 6.07) is 5.13. The highest BCUT2D eigenvalue weighted by atomic mass is 19.4. The van der Waals surface area contributed by atoms with E-state index in [-0.39, 0.29) is 11.8 Å². The Labute approximate surface area is 161 Å². The lowest BCUT2D eigenvalue weighted by Crippen LogP contribution is -2.20. The van der Waals surface area contributed by atoms with Gasteiger partial charge in [0.15, 0.2) is 18.1 Å². The number of nitrogens with one attached hydrogen (secondary N) is 1. The number of amides is 1. The summed E-state index contributed by atoms with van der Waals surface area (Å²) in [5, 5.41) is 2.38. The number of hydrogen-bond acceptors (Lipinski definition) is 4. The first kappa shape index (κ1) is 22.2. The number of benzene rings is 2. The highest BCUT2D eigenvalue weighted by Gasteiger charge is 2.37. The second-order valence-electron chi connectivity index (χ2n) is 5.65. The van der Waals surface area contributed by atoms with Gasteiger partial charge in [0, 0.05) is 11.8 Å². The maximum absolute atomic E-state index is 12.8. The third kappa shape index (κ3) is 5.93. The zero-order valence-electron chi connectivity index (χ0n) is 15.1. The van der Waals surface area contributed by atoms with E-state index in [1.807, 2.05) is 0 Å². The molecular weight excluding hydrogens is 408 g/mol. The van der Waals surface area contributed by atoms with Gasteiger partial charge in [-0.05, 0) is 30.3 Å². The molecule has 2 aromatic carbocycles. The van der Waals surface area contributed by atoms with E-state index in [9.17, 15) is 31.1 Å². The van der Waals surface area contributed by atoms with Gasteiger partial charge >= 0.3 is 12.4 Å². The van der Waals surface area contributed by atoms with Gasteiger partial charge in [-0.3, -0.25) is 4.79 Å². The monoisotopic (exact) mass is 423 g/mol. The maximum Gasteiger partial charge on any atom is 0.416 e. The van der Waals surface area contributed by atoms with E-state index in [4.69, 9.17) is 14.2 Å². The van der Waals surface area contributed by atoms with Gasteiger partial charge in [-0.25, -0.2) is 0 Å². The van der Waals surface area contributed by atoms with Crippen molar-refractivity contribution in [1.82, 2.24) is 0 Å². The topological polar surface area (TPSA) is 56.8 Å². The first-order valence-corrected chi connectivity index (χ1v) is 7.88. The van der Waals surface area contributed by atoms with Crippen LogP contribution in [0.1, 0.15) is 11.1 Å². The van der Waals surface area contributed by atoms with Crippen molar-refractivity contribution < 1.29 is 45.3 Å². The standard InChI is InChI=1S/C18H15F6NO4/c1-27-14-4-3-12(8-15(14)28-2)25-16(26)9-29-13-6-10(17(19,20)21)5-11(7-13)18(22,23)24/h3-8H,9H2,1-2H3,(H,25,26). The van der Waals surface area contributed by atoms with E-state index < -0.39 is 41.7 Å². The molecular formula is C18H15F6NO4. The summed E-state index contributed by atoms with van der Waals surface area (Å²) in [6.07, 6.45) is -10.0. The van der Waals surface area contributed by atoms with Crippen molar-refractivity contribution in [3.63, 3.8) is 0 Å². The normalized spacial score (nSPS) is 11.7. The Hall–Kier alpha value is -3.11. The molecule has 0 aromatic heterocycles. The number of halogens is 6. The summed E-state index contributed by atoms with van der Waals surface area (Å²) in [5.41, 5.74) is -2.82. The fourth-order valence-corrected chi connectivity index (χ4v) is 2.27. The molecule has 0 unspecified atom stereocenters. The largest absolute Gasteiger partial charge is 0.493 e. The number of rotatable bonds is 6. The van der Waals surface area contributed by atoms with Gasteiger partial charge in [0.2, 0.25) is 0 Å². The molecule has 0 radical (unpaired) electrons. The lowest BCUT2D eigenvalue weighted by molar-refractivity contribution is -0.143. The van der Waals surface area contributed by atoms with Crippen molar-refractivity contribution in [3.05, 3.63) is 47.5 Å². The SMILES string of the molecule is COc1ccc(NC(=O)COc2cc(C(F)(F)F)cc(C(F)(F)F)c2)cc1OC. The van der Waals surface area contributed by atoms with Crippen molar-refractivity contribution in [2.24, 2.45) is 0 Å². The number of anilines is 1. The summed E-state index contributed by atoms with van der Waals surface area (Å²) < 4.78 is 91.9. The van der Waals surface area contributed by atoms with Crippen molar-refractivity contribution in [3.8, 4) is 17.2 Å². The van der Waals surface area contributed by atoms with E-state index in [2.05, 4.69) is 5.32 Å². The first-order chi connectivity index (χ1) is 13.4. The Bertz CT molecular complexity index is 847. The Balaban J connectivity index is 2.13. The highest BCUT2D eigenvalue weighted by Crippen LogP contribution is 2.38. The molecule has 1 N–H and O–H groups in total. The predicted molar refractivity (Wildman–Crippen MR) is 90.1 cm³/mol. The van der Waals surface area contributed by atoms with E-state index in [1.165, 1.54) is 32.4 Å². The average Bonchev–Trinajstić information content (AvgIpc) is 2.64. The molecule has 0 spiro atoms. The van der Waals surface area contributed by atoms with Crippen molar-refractivity contribution >= 4 is 11.6 Å². The van der Waals surface area contributed by atoms with Crippen LogP contribution < -0.4 is 19.5 Å². The summed E-state index contributed by atoms with van der Waals surface area (Å²) in [6.45, 7) is -0.813. The zero-order chi connectivity index (χ0) is 21.8. The van der Waals surface area contributed by atoms with Gasteiger partial charge in [0.1, 0.15) is 5.75 Å². The molecule has 0 heterocycles. The summed E-state index contributed by atoms with van der Waals surface area (Å²) in [5.74, 6) is -0.845. The van der Waals surface area contributed by atoms with Gasteiger partial charge in [0.25, 0.3) is 5.91 Å². The molecule has 1 amide bonds. The number of alkyl halides is 6. The van der Waals surface area contributed by atoms with Crippen molar-refractivity contribution in [2.45, 2.75) is 12.4 Å². The van der Waals surface area contributed by atoms with Gasteiger partial charge in [-0.2, -0.15) is 26.3 Å². The third-order valence-electron chi connectivity index (χ3n) is 3.60. The molecule has 0 aliphatic carbocycles. The van der Waals surface area contributed by atoms with Gasteiger partial charge in [0.05, 0.1) is 25.3 Å². The maximum atomic E-state index is 12.8. The van der Waals surface area contributed by atoms with Crippen LogP contribution in [-0.2, 0) is 17.1 Å². The van der Waals surface area contributed by atoms with Crippen molar-refractivity contribution in [2.75, 3.05) is 26.1 Å². The fourth-order valence-electron chi connectivity index (χ4n) is 2.27. The molecule has 0 atom stereocenters. The lowest BCUT2D eigenvalue weighted by atomic mass is 10.1.